The molecular formula is C44H78O7. The maximum Gasteiger partial charge on any atom is 0.306 e. The van der Waals surface area contributed by atoms with Crippen LogP contribution in [0, 0.1) is 0 Å². The van der Waals surface area contributed by atoms with E-state index >= 15 is 0 Å². The predicted molar refractivity (Wildman–Crippen MR) is 213 cm³/mol. The van der Waals surface area contributed by atoms with Crippen molar-refractivity contribution in [3.05, 3.63) is 48.6 Å². The lowest BCUT2D eigenvalue weighted by atomic mass is 10.1. The Kier molecular flexibility index (Phi) is 40.4. The fourth-order valence-corrected chi connectivity index (χ4v) is 5.36. The van der Waals surface area contributed by atoms with Crippen molar-refractivity contribution in [1.82, 2.24) is 0 Å². The molecule has 7 nitrogen and oxygen atoms in total. The van der Waals surface area contributed by atoms with E-state index in [0.717, 1.165) is 64.2 Å². The van der Waals surface area contributed by atoms with Crippen molar-refractivity contribution < 1.29 is 33.3 Å². The molecule has 0 aliphatic heterocycles. The highest BCUT2D eigenvalue weighted by atomic mass is 16.6. The first-order valence-electron chi connectivity index (χ1n) is 20.7. The van der Waals surface area contributed by atoms with Gasteiger partial charge in [-0.25, -0.2) is 0 Å². The number of esters is 2. The zero-order chi connectivity index (χ0) is 37.1. The molecule has 0 saturated heterocycles. The van der Waals surface area contributed by atoms with Gasteiger partial charge in [0, 0.05) is 20.0 Å². The van der Waals surface area contributed by atoms with Crippen LogP contribution in [0.1, 0.15) is 168 Å². The molecule has 0 N–H and O–H groups in total. The number of unbranched alkanes of at least 4 members (excludes halogenated alkanes) is 16. The Bertz CT molecular complexity index is 864. The molecule has 0 aromatic carbocycles. The summed E-state index contributed by atoms with van der Waals surface area (Å²) in [5.74, 6) is -0.520. The SMILES string of the molecule is CCCCC/C=C\C/C=C\CCCCCCCC(=O)OCC(COCCOCCOC)OC(=O)CCCCCCC/C=C\C/C=C\CCCCC. The average Bonchev–Trinajstić information content (AvgIpc) is 3.13. The molecule has 0 bridgehead atoms. The topological polar surface area (TPSA) is 80.3 Å². The predicted octanol–water partition coefficient (Wildman–Crippen LogP) is 11.7. The highest BCUT2D eigenvalue weighted by molar-refractivity contribution is 5.70. The third-order valence-corrected chi connectivity index (χ3v) is 8.50. The van der Waals surface area contributed by atoms with Crippen molar-refractivity contribution >= 4 is 11.9 Å². The van der Waals surface area contributed by atoms with Gasteiger partial charge in [0.25, 0.3) is 0 Å². The van der Waals surface area contributed by atoms with Crippen LogP contribution in [0.4, 0.5) is 0 Å². The minimum atomic E-state index is -0.622. The van der Waals surface area contributed by atoms with Crippen LogP contribution in [0.25, 0.3) is 0 Å². The van der Waals surface area contributed by atoms with Gasteiger partial charge in [-0.05, 0) is 77.0 Å². The number of allylic oxidation sites excluding steroid dienone is 8. The Labute approximate surface area is 314 Å². The van der Waals surface area contributed by atoms with Crippen molar-refractivity contribution in [2.75, 3.05) is 46.8 Å². The number of hydrogen-bond acceptors (Lipinski definition) is 7. The Balaban J connectivity index is 4.14. The fourth-order valence-electron chi connectivity index (χ4n) is 5.36. The van der Waals surface area contributed by atoms with Crippen LogP contribution in [0.15, 0.2) is 48.6 Å². The molecule has 7 heteroatoms. The summed E-state index contributed by atoms with van der Waals surface area (Å²) in [4.78, 5) is 25.0. The largest absolute Gasteiger partial charge is 0.462 e. The van der Waals surface area contributed by atoms with E-state index in [1.165, 1.54) is 77.0 Å². The molecule has 0 aromatic rings. The first-order chi connectivity index (χ1) is 25.1. The first kappa shape index (κ1) is 48.8. The Hall–Kier alpha value is -2.22. The van der Waals surface area contributed by atoms with Gasteiger partial charge in [-0.1, -0.05) is 127 Å². The molecule has 0 heterocycles. The van der Waals surface area contributed by atoms with E-state index in [9.17, 15) is 9.59 Å². The van der Waals surface area contributed by atoms with Gasteiger partial charge >= 0.3 is 11.9 Å². The molecule has 296 valence electrons. The molecule has 51 heavy (non-hydrogen) atoms. The fraction of sp³-hybridized carbons (Fsp3) is 0.773. The maximum absolute atomic E-state index is 12.6. The molecular weight excluding hydrogens is 640 g/mol. The van der Waals surface area contributed by atoms with Crippen LogP contribution in [0.2, 0.25) is 0 Å². The number of carbonyl (C=O) groups excluding carboxylic acids is 2. The lowest BCUT2D eigenvalue weighted by Crippen LogP contribution is -2.30. The maximum atomic E-state index is 12.6. The lowest BCUT2D eigenvalue weighted by Gasteiger charge is -2.18. The number of rotatable bonds is 39. The smallest absolute Gasteiger partial charge is 0.306 e. The molecule has 0 rings (SSSR count). The summed E-state index contributed by atoms with van der Waals surface area (Å²) in [6.45, 7) is 6.46. The zero-order valence-corrected chi connectivity index (χ0v) is 33.3. The van der Waals surface area contributed by atoms with Crippen LogP contribution < -0.4 is 0 Å². The van der Waals surface area contributed by atoms with Gasteiger partial charge in [0.2, 0.25) is 0 Å². The van der Waals surface area contributed by atoms with E-state index in [1.54, 1.807) is 7.11 Å². The van der Waals surface area contributed by atoms with E-state index in [2.05, 4.69) is 62.5 Å². The normalized spacial score (nSPS) is 12.6. The first-order valence-corrected chi connectivity index (χ1v) is 20.7. The monoisotopic (exact) mass is 719 g/mol. The minimum absolute atomic E-state index is 0.0114. The summed E-state index contributed by atoms with van der Waals surface area (Å²) < 4.78 is 27.3. The highest BCUT2D eigenvalue weighted by Crippen LogP contribution is 2.12. The molecule has 0 aromatic heterocycles. The van der Waals surface area contributed by atoms with Gasteiger partial charge in [0.1, 0.15) is 6.61 Å². The van der Waals surface area contributed by atoms with Crippen molar-refractivity contribution in [1.29, 1.82) is 0 Å². The number of carbonyl (C=O) groups is 2. The van der Waals surface area contributed by atoms with E-state index in [4.69, 9.17) is 23.7 Å². The molecule has 0 saturated carbocycles. The third kappa shape index (κ3) is 40.4. The van der Waals surface area contributed by atoms with Gasteiger partial charge in [0.15, 0.2) is 6.10 Å². The lowest BCUT2D eigenvalue weighted by molar-refractivity contribution is -0.163. The summed E-state index contributed by atoms with van der Waals surface area (Å²) in [7, 11) is 1.63. The van der Waals surface area contributed by atoms with Crippen LogP contribution in [-0.4, -0.2) is 64.8 Å². The molecule has 0 aliphatic carbocycles. The summed E-state index contributed by atoms with van der Waals surface area (Å²) in [5.41, 5.74) is 0. The Morgan fingerprint density at radius 2 is 0.902 bits per heavy atom. The van der Waals surface area contributed by atoms with Gasteiger partial charge in [0.05, 0.1) is 33.0 Å². The van der Waals surface area contributed by atoms with Crippen molar-refractivity contribution in [2.45, 2.75) is 174 Å². The van der Waals surface area contributed by atoms with Crippen LogP contribution in [0.3, 0.4) is 0 Å². The molecule has 0 amide bonds. The van der Waals surface area contributed by atoms with Crippen LogP contribution in [-0.2, 0) is 33.3 Å². The number of ether oxygens (including phenoxy) is 5. The van der Waals surface area contributed by atoms with E-state index in [0.29, 0.717) is 39.3 Å². The van der Waals surface area contributed by atoms with Gasteiger partial charge in [-0.2, -0.15) is 0 Å². The number of methoxy groups -OCH3 is 1. The van der Waals surface area contributed by atoms with Crippen LogP contribution >= 0.6 is 0 Å². The Morgan fingerprint density at radius 3 is 1.41 bits per heavy atom. The van der Waals surface area contributed by atoms with E-state index in [1.807, 2.05) is 0 Å². The summed E-state index contributed by atoms with van der Waals surface area (Å²) >= 11 is 0. The highest BCUT2D eigenvalue weighted by Gasteiger charge is 2.17. The van der Waals surface area contributed by atoms with E-state index in [-0.39, 0.29) is 25.2 Å². The second-order valence-electron chi connectivity index (χ2n) is 13.4. The second kappa shape index (κ2) is 42.2. The molecule has 0 spiro atoms. The summed E-state index contributed by atoms with van der Waals surface area (Å²) in [6, 6.07) is 0. The molecule has 1 atom stereocenters. The Morgan fingerprint density at radius 1 is 0.471 bits per heavy atom. The quantitative estimate of drug-likeness (QED) is 0.0355. The van der Waals surface area contributed by atoms with Gasteiger partial charge < -0.3 is 23.7 Å². The van der Waals surface area contributed by atoms with Crippen molar-refractivity contribution in [3.63, 3.8) is 0 Å². The third-order valence-electron chi connectivity index (χ3n) is 8.50. The molecule has 0 fully saturated rings. The second-order valence-corrected chi connectivity index (χ2v) is 13.4. The van der Waals surface area contributed by atoms with Crippen molar-refractivity contribution in [2.24, 2.45) is 0 Å². The molecule has 0 aliphatic rings. The van der Waals surface area contributed by atoms with E-state index < -0.39 is 6.10 Å². The number of hydrogen-bond donors (Lipinski definition) is 0. The molecule has 1 unspecified atom stereocenters. The van der Waals surface area contributed by atoms with Gasteiger partial charge in [-0.15, -0.1) is 0 Å². The standard InChI is InChI=1S/C44H78O7/c1-4-6-8-10-12-14-16-18-20-22-24-26-28-30-32-34-43(45)50-41-42(40-49-39-38-48-37-36-47-3)51-44(46)35-33-31-29-27-25-23-21-19-17-15-13-11-9-7-5-2/h12-15,18-21,42H,4-11,16-17,22-41H2,1-3H3/b14-12-,15-13-,20-18-,21-19-. The van der Waals surface area contributed by atoms with Gasteiger partial charge in [-0.3, -0.25) is 9.59 Å². The summed E-state index contributed by atoms with van der Waals surface area (Å²) in [6.07, 6.45) is 43.3. The average molecular weight is 719 g/mol. The van der Waals surface area contributed by atoms with Crippen molar-refractivity contribution in [3.8, 4) is 0 Å². The van der Waals surface area contributed by atoms with Crippen LogP contribution in [0.5, 0.6) is 0 Å². The zero-order valence-electron chi connectivity index (χ0n) is 33.3. The summed E-state index contributed by atoms with van der Waals surface area (Å²) in [5, 5.41) is 0. The minimum Gasteiger partial charge on any atom is -0.462 e. The molecule has 0 radical (unpaired) electrons.